The van der Waals surface area contributed by atoms with E-state index < -0.39 is 0 Å². The van der Waals surface area contributed by atoms with Crippen molar-refractivity contribution in [1.29, 1.82) is 5.26 Å². The van der Waals surface area contributed by atoms with Gasteiger partial charge in [-0.3, -0.25) is 9.36 Å². The van der Waals surface area contributed by atoms with E-state index in [0.29, 0.717) is 22.4 Å². The highest BCUT2D eigenvalue weighted by Crippen LogP contribution is 2.29. The summed E-state index contributed by atoms with van der Waals surface area (Å²) in [5.74, 6) is 0. The molecule has 4 heteroatoms. The summed E-state index contributed by atoms with van der Waals surface area (Å²) in [6.45, 7) is 4.00. The summed E-state index contributed by atoms with van der Waals surface area (Å²) >= 11 is 0. The molecule has 118 valence electrons. The molecule has 0 fully saturated rings. The van der Waals surface area contributed by atoms with Crippen molar-refractivity contribution in [2.45, 2.75) is 13.8 Å². The minimum absolute atomic E-state index is 0.0652. The number of rotatable bonds is 1. The summed E-state index contributed by atoms with van der Waals surface area (Å²) < 4.78 is 7.34. The molecule has 0 spiro atoms. The molecule has 2 heterocycles. The second-order valence-electron chi connectivity index (χ2n) is 4.96. The largest absolute Gasteiger partial charge is 0.454 e. The third-order valence-corrected chi connectivity index (χ3v) is 3.66. The number of nitrogens with zero attached hydrogens (tertiary/aromatic N) is 2. The van der Waals surface area contributed by atoms with Crippen LogP contribution in [0.15, 0.2) is 69.9 Å². The first-order valence-corrected chi connectivity index (χ1v) is 7.82. The van der Waals surface area contributed by atoms with E-state index in [4.69, 9.17) is 4.42 Å². The molecule has 0 amide bonds. The van der Waals surface area contributed by atoms with Crippen molar-refractivity contribution >= 4 is 22.1 Å². The maximum Gasteiger partial charge on any atom is 0.273 e. The van der Waals surface area contributed by atoms with Gasteiger partial charge in [0.1, 0.15) is 22.7 Å². The highest BCUT2D eigenvalue weighted by Gasteiger charge is 2.16. The number of benzene rings is 2. The number of fused-ring (bicyclic) bond motifs is 3. The first-order chi connectivity index (χ1) is 11.8. The number of hydrogen-bond acceptors (Lipinski definition) is 3. The summed E-state index contributed by atoms with van der Waals surface area (Å²) in [7, 11) is 0. The van der Waals surface area contributed by atoms with Crippen LogP contribution in [0.5, 0.6) is 0 Å². The van der Waals surface area contributed by atoms with Gasteiger partial charge in [0.2, 0.25) is 0 Å². The molecule has 24 heavy (non-hydrogen) atoms. The molecule has 0 aliphatic carbocycles. The molecule has 0 radical (unpaired) electrons. The van der Waals surface area contributed by atoms with E-state index in [1.807, 2.05) is 74.5 Å². The Morgan fingerprint density at radius 1 is 0.958 bits per heavy atom. The zero-order valence-electron chi connectivity index (χ0n) is 13.5. The maximum absolute atomic E-state index is 12.7. The monoisotopic (exact) mass is 316 g/mol. The first kappa shape index (κ1) is 15.6. The van der Waals surface area contributed by atoms with Crippen molar-refractivity contribution in [3.8, 4) is 11.8 Å². The molecule has 0 saturated carbocycles. The average molecular weight is 316 g/mol. The molecule has 0 aliphatic heterocycles. The van der Waals surface area contributed by atoms with E-state index in [9.17, 15) is 10.1 Å². The molecular formula is C20H16N2O2. The van der Waals surface area contributed by atoms with E-state index in [1.165, 1.54) is 6.07 Å². The van der Waals surface area contributed by atoms with E-state index >= 15 is 0 Å². The third kappa shape index (κ3) is 2.37. The van der Waals surface area contributed by atoms with Gasteiger partial charge in [-0.1, -0.05) is 44.2 Å². The fraction of sp³-hybridized carbons (Fsp3) is 0.100. The van der Waals surface area contributed by atoms with Gasteiger partial charge in [0.05, 0.1) is 0 Å². The highest BCUT2D eigenvalue weighted by molar-refractivity contribution is 6.03. The van der Waals surface area contributed by atoms with E-state index in [-0.39, 0.29) is 11.1 Å². The van der Waals surface area contributed by atoms with Gasteiger partial charge >= 0.3 is 0 Å². The van der Waals surface area contributed by atoms with Crippen molar-refractivity contribution in [1.82, 2.24) is 4.57 Å². The standard InChI is InChI=1S/C18H10N2O2.C2H6/c19-11-12-10-16-17(14-8-4-5-9-15(14)22-16)20(18(12)21)13-6-2-1-3-7-13;1-2/h1-10H;1-2H3. The second kappa shape index (κ2) is 6.43. The minimum Gasteiger partial charge on any atom is -0.454 e. The lowest BCUT2D eigenvalue weighted by molar-refractivity contribution is 0.666. The van der Waals surface area contributed by atoms with Crippen LogP contribution in [0.2, 0.25) is 0 Å². The normalized spacial score (nSPS) is 10.2. The summed E-state index contributed by atoms with van der Waals surface area (Å²) in [4.78, 5) is 12.7. The third-order valence-electron chi connectivity index (χ3n) is 3.66. The molecule has 4 nitrogen and oxygen atoms in total. The summed E-state index contributed by atoms with van der Waals surface area (Å²) in [6.07, 6.45) is 0. The molecular weight excluding hydrogens is 300 g/mol. The molecule has 2 aromatic carbocycles. The number of aromatic nitrogens is 1. The Morgan fingerprint density at radius 2 is 1.62 bits per heavy atom. The summed E-state index contributed by atoms with van der Waals surface area (Å²) in [5, 5.41) is 10.1. The molecule has 0 unspecified atom stereocenters. The van der Waals surface area contributed by atoms with Crippen molar-refractivity contribution < 1.29 is 4.42 Å². The SMILES string of the molecule is CC.N#Cc1cc2oc3ccccc3c2n(-c2ccccc2)c1=O. The van der Waals surface area contributed by atoms with Gasteiger partial charge in [-0.15, -0.1) is 0 Å². The summed E-state index contributed by atoms with van der Waals surface area (Å²) in [5.41, 5.74) is 2.34. The van der Waals surface area contributed by atoms with Crippen LogP contribution < -0.4 is 5.56 Å². The second-order valence-corrected chi connectivity index (χ2v) is 4.96. The maximum atomic E-state index is 12.7. The van der Waals surface area contributed by atoms with Gasteiger partial charge in [-0.2, -0.15) is 5.26 Å². The van der Waals surface area contributed by atoms with Gasteiger partial charge in [0, 0.05) is 17.1 Å². The predicted octanol–water partition coefficient (Wildman–Crippen LogP) is 4.63. The van der Waals surface area contributed by atoms with Gasteiger partial charge in [0.15, 0.2) is 5.58 Å². The lowest BCUT2D eigenvalue weighted by Crippen LogP contribution is -2.20. The van der Waals surface area contributed by atoms with Crippen LogP contribution in [-0.4, -0.2) is 4.57 Å². The highest BCUT2D eigenvalue weighted by atomic mass is 16.3. The Kier molecular flexibility index (Phi) is 4.17. The lowest BCUT2D eigenvalue weighted by atomic mass is 10.2. The van der Waals surface area contributed by atoms with Gasteiger partial charge in [-0.05, 0) is 24.3 Å². The van der Waals surface area contributed by atoms with Crippen LogP contribution in [0.3, 0.4) is 0 Å². The fourth-order valence-corrected chi connectivity index (χ4v) is 2.70. The number of hydrogen-bond donors (Lipinski definition) is 0. The van der Waals surface area contributed by atoms with Crippen LogP contribution in [0.1, 0.15) is 19.4 Å². The number of para-hydroxylation sites is 2. The Hall–Kier alpha value is -3.32. The van der Waals surface area contributed by atoms with E-state index in [0.717, 1.165) is 5.39 Å². The molecule has 0 aliphatic rings. The van der Waals surface area contributed by atoms with Crippen molar-refractivity contribution in [2.75, 3.05) is 0 Å². The number of furan rings is 1. The smallest absolute Gasteiger partial charge is 0.273 e. The van der Waals surface area contributed by atoms with Crippen molar-refractivity contribution in [3.05, 3.63) is 76.6 Å². The molecule has 0 saturated heterocycles. The van der Waals surface area contributed by atoms with E-state index in [1.54, 1.807) is 4.57 Å². The van der Waals surface area contributed by atoms with Crippen LogP contribution in [0.25, 0.3) is 27.8 Å². The van der Waals surface area contributed by atoms with Crippen molar-refractivity contribution in [3.63, 3.8) is 0 Å². The zero-order chi connectivity index (χ0) is 17.1. The number of nitriles is 1. The molecule has 0 N–H and O–H groups in total. The Bertz CT molecular complexity index is 1100. The molecule has 4 rings (SSSR count). The van der Waals surface area contributed by atoms with Gasteiger partial charge < -0.3 is 4.42 Å². The van der Waals surface area contributed by atoms with Gasteiger partial charge in [-0.25, -0.2) is 0 Å². The van der Waals surface area contributed by atoms with Crippen LogP contribution in [0.4, 0.5) is 0 Å². The van der Waals surface area contributed by atoms with Gasteiger partial charge in [0.25, 0.3) is 5.56 Å². The van der Waals surface area contributed by atoms with E-state index in [2.05, 4.69) is 0 Å². The molecule has 4 aromatic rings. The first-order valence-electron chi connectivity index (χ1n) is 7.82. The fourth-order valence-electron chi connectivity index (χ4n) is 2.70. The van der Waals surface area contributed by atoms with Crippen molar-refractivity contribution in [2.24, 2.45) is 0 Å². The predicted molar refractivity (Wildman–Crippen MR) is 95.4 cm³/mol. The lowest BCUT2D eigenvalue weighted by Gasteiger charge is -2.08. The Labute approximate surface area is 139 Å². The molecule has 0 atom stereocenters. The van der Waals surface area contributed by atoms with Crippen LogP contribution in [0, 0.1) is 11.3 Å². The Morgan fingerprint density at radius 3 is 2.33 bits per heavy atom. The summed E-state index contributed by atoms with van der Waals surface area (Å²) in [6, 6.07) is 20.3. The topological polar surface area (TPSA) is 58.9 Å². The Balaban J connectivity index is 0.000000815. The average Bonchev–Trinajstić information content (AvgIpc) is 3.01. The van der Waals surface area contributed by atoms with Crippen LogP contribution in [-0.2, 0) is 0 Å². The minimum atomic E-state index is -0.340. The quantitative estimate of drug-likeness (QED) is 0.514. The molecule has 2 aromatic heterocycles. The number of pyridine rings is 1. The van der Waals surface area contributed by atoms with Crippen LogP contribution >= 0.6 is 0 Å². The zero-order valence-corrected chi connectivity index (χ0v) is 13.5. The molecule has 0 bridgehead atoms.